The van der Waals surface area contributed by atoms with Crippen LogP contribution in [0.15, 0.2) is 23.3 Å². The molecule has 1 aromatic heterocycles. The Labute approximate surface area is 146 Å². The maximum Gasteiger partial charge on any atom is 0.191 e. The predicted molar refractivity (Wildman–Crippen MR) is 102 cm³/mol. The Morgan fingerprint density at radius 2 is 1.92 bits per heavy atom. The maximum absolute atomic E-state index is 5.43. The highest BCUT2D eigenvalue weighted by atomic mass is 16.5. The minimum atomic E-state index is -0.233. The summed E-state index contributed by atoms with van der Waals surface area (Å²) in [5.41, 5.74) is 0.859. The van der Waals surface area contributed by atoms with Crippen LogP contribution in [0.25, 0.3) is 0 Å². The molecule has 1 heterocycles. The molecule has 6 heteroatoms. The SMILES string of the molecule is CCNC(=NCc1ccc(N(CC)CC)nc1)NCC(C)(C)OC. The number of nitrogens with zero attached hydrogens (tertiary/aromatic N) is 3. The quantitative estimate of drug-likeness (QED) is 0.536. The van der Waals surface area contributed by atoms with E-state index in [1.165, 1.54) is 0 Å². The molecule has 2 N–H and O–H groups in total. The first kappa shape index (κ1) is 20.2. The van der Waals surface area contributed by atoms with Crippen LogP contribution < -0.4 is 15.5 Å². The van der Waals surface area contributed by atoms with Crippen LogP contribution in [0, 0.1) is 0 Å². The average molecular weight is 335 g/mol. The zero-order valence-electron chi connectivity index (χ0n) is 16.0. The number of methoxy groups -OCH3 is 1. The highest BCUT2D eigenvalue weighted by Crippen LogP contribution is 2.11. The molecular weight excluding hydrogens is 302 g/mol. The van der Waals surface area contributed by atoms with Crippen molar-refractivity contribution in [1.29, 1.82) is 0 Å². The van der Waals surface area contributed by atoms with E-state index in [1.54, 1.807) is 7.11 Å². The number of nitrogens with one attached hydrogen (secondary N) is 2. The number of aliphatic imine (C=N–C) groups is 1. The fraction of sp³-hybridized carbons (Fsp3) is 0.667. The molecule has 1 aromatic rings. The molecule has 0 amide bonds. The second kappa shape index (κ2) is 10.1. The predicted octanol–water partition coefficient (Wildman–Crippen LogP) is 2.41. The number of anilines is 1. The Bertz CT molecular complexity index is 495. The molecule has 0 saturated heterocycles. The summed E-state index contributed by atoms with van der Waals surface area (Å²) >= 11 is 0. The van der Waals surface area contributed by atoms with Crippen LogP contribution in [0.5, 0.6) is 0 Å². The number of pyridine rings is 1. The van der Waals surface area contributed by atoms with Gasteiger partial charge in [-0.05, 0) is 46.2 Å². The number of hydrogen-bond acceptors (Lipinski definition) is 4. The monoisotopic (exact) mass is 335 g/mol. The average Bonchev–Trinajstić information content (AvgIpc) is 2.59. The van der Waals surface area contributed by atoms with Gasteiger partial charge < -0.3 is 20.3 Å². The summed E-state index contributed by atoms with van der Waals surface area (Å²) < 4.78 is 5.43. The molecule has 0 spiro atoms. The zero-order chi connectivity index (χ0) is 18.0. The summed E-state index contributed by atoms with van der Waals surface area (Å²) in [5, 5.41) is 6.57. The molecule has 136 valence electrons. The summed E-state index contributed by atoms with van der Waals surface area (Å²) in [6.07, 6.45) is 1.90. The van der Waals surface area contributed by atoms with Gasteiger partial charge in [-0.15, -0.1) is 0 Å². The van der Waals surface area contributed by atoms with Gasteiger partial charge in [-0.1, -0.05) is 6.07 Å². The van der Waals surface area contributed by atoms with E-state index in [2.05, 4.69) is 58.4 Å². The second-order valence-electron chi connectivity index (χ2n) is 6.21. The van der Waals surface area contributed by atoms with Crippen LogP contribution >= 0.6 is 0 Å². The molecule has 0 aliphatic heterocycles. The van der Waals surface area contributed by atoms with E-state index in [4.69, 9.17) is 4.74 Å². The molecule has 24 heavy (non-hydrogen) atoms. The van der Waals surface area contributed by atoms with Crippen molar-refractivity contribution in [2.75, 3.05) is 38.2 Å². The summed E-state index contributed by atoms with van der Waals surface area (Å²) in [6.45, 7) is 14.4. The van der Waals surface area contributed by atoms with Gasteiger partial charge in [-0.2, -0.15) is 0 Å². The summed E-state index contributed by atoms with van der Waals surface area (Å²) in [6, 6.07) is 4.15. The van der Waals surface area contributed by atoms with Gasteiger partial charge in [0.1, 0.15) is 5.82 Å². The van der Waals surface area contributed by atoms with Crippen LogP contribution in [-0.4, -0.2) is 49.8 Å². The minimum Gasteiger partial charge on any atom is -0.377 e. The van der Waals surface area contributed by atoms with Crippen LogP contribution in [-0.2, 0) is 11.3 Å². The van der Waals surface area contributed by atoms with Crippen LogP contribution in [0.2, 0.25) is 0 Å². The van der Waals surface area contributed by atoms with Crippen LogP contribution in [0.4, 0.5) is 5.82 Å². The van der Waals surface area contributed by atoms with Gasteiger partial charge >= 0.3 is 0 Å². The Balaban J connectivity index is 2.68. The lowest BCUT2D eigenvalue weighted by molar-refractivity contribution is 0.0268. The van der Waals surface area contributed by atoms with Crippen molar-refractivity contribution in [3.63, 3.8) is 0 Å². The third-order valence-electron chi connectivity index (χ3n) is 3.89. The van der Waals surface area contributed by atoms with Gasteiger partial charge in [-0.25, -0.2) is 9.98 Å². The maximum atomic E-state index is 5.43. The number of rotatable bonds is 9. The number of ether oxygens (including phenoxy) is 1. The lowest BCUT2D eigenvalue weighted by Gasteiger charge is -2.24. The van der Waals surface area contributed by atoms with Gasteiger partial charge in [0.2, 0.25) is 0 Å². The fourth-order valence-corrected chi connectivity index (χ4v) is 2.13. The lowest BCUT2D eigenvalue weighted by atomic mass is 10.1. The van der Waals surface area contributed by atoms with Crippen molar-refractivity contribution >= 4 is 11.8 Å². The Morgan fingerprint density at radius 3 is 2.42 bits per heavy atom. The first-order valence-corrected chi connectivity index (χ1v) is 8.72. The van der Waals surface area contributed by atoms with E-state index in [1.807, 2.05) is 20.0 Å². The summed E-state index contributed by atoms with van der Waals surface area (Å²) in [7, 11) is 1.72. The van der Waals surface area contributed by atoms with Crippen molar-refractivity contribution in [2.45, 2.75) is 46.8 Å². The van der Waals surface area contributed by atoms with Crippen LogP contribution in [0.3, 0.4) is 0 Å². The molecule has 0 aliphatic carbocycles. The van der Waals surface area contributed by atoms with Gasteiger partial charge in [0.15, 0.2) is 5.96 Å². The molecular formula is C18H33N5O. The summed E-state index contributed by atoms with van der Waals surface area (Å²) in [4.78, 5) is 11.4. The molecule has 0 bridgehead atoms. The highest BCUT2D eigenvalue weighted by Gasteiger charge is 2.16. The zero-order valence-corrected chi connectivity index (χ0v) is 16.0. The molecule has 0 fully saturated rings. The van der Waals surface area contributed by atoms with E-state index in [9.17, 15) is 0 Å². The Morgan fingerprint density at radius 1 is 1.21 bits per heavy atom. The van der Waals surface area contributed by atoms with Gasteiger partial charge in [0, 0.05) is 39.5 Å². The van der Waals surface area contributed by atoms with E-state index < -0.39 is 0 Å². The molecule has 0 aromatic carbocycles. The van der Waals surface area contributed by atoms with Crippen molar-refractivity contribution in [2.24, 2.45) is 4.99 Å². The molecule has 0 saturated carbocycles. The first-order valence-electron chi connectivity index (χ1n) is 8.72. The normalized spacial score (nSPS) is 12.2. The van der Waals surface area contributed by atoms with Gasteiger partial charge in [-0.3, -0.25) is 0 Å². The summed E-state index contributed by atoms with van der Waals surface area (Å²) in [5.74, 6) is 1.80. The lowest BCUT2D eigenvalue weighted by Crippen LogP contribution is -2.45. The minimum absolute atomic E-state index is 0.233. The molecule has 0 radical (unpaired) electrons. The molecule has 1 rings (SSSR count). The highest BCUT2D eigenvalue weighted by molar-refractivity contribution is 5.79. The number of aromatic nitrogens is 1. The van der Waals surface area contributed by atoms with E-state index in [0.717, 1.165) is 37.0 Å². The second-order valence-corrected chi connectivity index (χ2v) is 6.21. The van der Waals surface area contributed by atoms with E-state index in [0.29, 0.717) is 13.1 Å². The van der Waals surface area contributed by atoms with Gasteiger partial charge in [0.05, 0.1) is 12.1 Å². The Hall–Kier alpha value is -1.82. The third kappa shape index (κ3) is 6.74. The smallest absolute Gasteiger partial charge is 0.191 e. The van der Waals surface area contributed by atoms with Gasteiger partial charge in [0.25, 0.3) is 0 Å². The molecule has 0 unspecified atom stereocenters. The number of guanidine groups is 1. The van der Waals surface area contributed by atoms with Crippen molar-refractivity contribution < 1.29 is 4.74 Å². The van der Waals surface area contributed by atoms with E-state index >= 15 is 0 Å². The fourth-order valence-electron chi connectivity index (χ4n) is 2.13. The third-order valence-corrected chi connectivity index (χ3v) is 3.89. The Kier molecular flexibility index (Phi) is 8.54. The number of hydrogen-bond donors (Lipinski definition) is 2. The largest absolute Gasteiger partial charge is 0.377 e. The topological polar surface area (TPSA) is 61.8 Å². The first-order chi connectivity index (χ1) is 11.5. The molecule has 0 aliphatic rings. The molecule has 0 atom stereocenters. The van der Waals surface area contributed by atoms with Crippen molar-refractivity contribution in [3.05, 3.63) is 23.9 Å². The molecule has 6 nitrogen and oxygen atoms in total. The van der Waals surface area contributed by atoms with Crippen molar-refractivity contribution in [1.82, 2.24) is 15.6 Å². The van der Waals surface area contributed by atoms with Crippen LogP contribution in [0.1, 0.15) is 40.2 Å². The standard InChI is InChI=1S/C18H33N5O/c1-7-19-17(22-14-18(4,5)24-6)21-13-15-10-11-16(20-12-15)23(8-2)9-3/h10-12H,7-9,13-14H2,1-6H3,(H2,19,21,22). The van der Waals surface area contributed by atoms with Crippen molar-refractivity contribution in [3.8, 4) is 0 Å². The van der Waals surface area contributed by atoms with E-state index in [-0.39, 0.29) is 5.60 Å².